The van der Waals surface area contributed by atoms with Crippen LogP contribution in [-0.2, 0) is 27.2 Å². The van der Waals surface area contributed by atoms with Gasteiger partial charge in [0.1, 0.15) is 12.4 Å². The van der Waals surface area contributed by atoms with Crippen molar-refractivity contribution in [1.82, 2.24) is 0 Å². The number of benzene rings is 1. The van der Waals surface area contributed by atoms with E-state index >= 15 is 0 Å². The lowest BCUT2D eigenvalue weighted by Crippen LogP contribution is -2.28. The standard InChI is InChI=1S/C25H36O7/c1-2-3-4-7-18(31-14-24(27)28)9-10-19-20-11-16-6-5-8-23(32-15-25(29)30)21(16)12-17(20)13-22(19)26/h5-6,8,17-20,22,26H,2-4,7,9-15H2,1H3,(H,27,28)(H,29,30)/t17-,18-,19+,20-,22+/m0/s1. The second-order valence-electron chi connectivity index (χ2n) is 9.28. The van der Waals surface area contributed by atoms with Crippen LogP contribution in [0.4, 0.5) is 0 Å². The Hall–Kier alpha value is -2.12. The molecule has 5 atom stereocenters. The Morgan fingerprint density at radius 2 is 1.88 bits per heavy atom. The molecular weight excluding hydrogens is 412 g/mol. The molecule has 2 aliphatic rings. The highest BCUT2D eigenvalue weighted by molar-refractivity contribution is 5.68. The Kier molecular flexibility index (Phi) is 8.93. The zero-order valence-corrected chi connectivity index (χ0v) is 18.9. The molecular formula is C25H36O7. The predicted molar refractivity (Wildman–Crippen MR) is 119 cm³/mol. The third-order valence-corrected chi connectivity index (χ3v) is 7.09. The highest BCUT2D eigenvalue weighted by Gasteiger charge is 2.45. The van der Waals surface area contributed by atoms with Gasteiger partial charge >= 0.3 is 11.9 Å². The van der Waals surface area contributed by atoms with Crippen LogP contribution < -0.4 is 4.74 Å². The second-order valence-corrected chi connectivity index (χ2v) is 9.28. The van der Waals surface area contributed by atoms with Gasteiger partial charge in [-0.3, -0.25) is 0 Å². The molecule has 2 aliphatic carbocycles. The van der Waals surface area contributed by atoms with Gasteiger partial charge in [0.05, 0.1) is 12.2 Å². The molecule has 32 heavy (non-hydrogen) atoms. The zero-order valence-electron chi connectivity index (χ0n) is 18.9. The van der Waals surface area contributed by atoms with Crippen molar-refractivity contribution in [3.63, 3.8) is 0 Å². The number of fused-ring (bicyclic) bond motifs is 2. The van der Waals surface area contributed by atoms with Gasteiger partial charge < -0.3 is 24.8 Å². The maximum absolute atomic E-state index is 11.0. The number of ether oxygens (including phenoxy) is 2. The first-order valence-electron chi connectivity index (χ1n) is 11.9. The van der Waals surface area contributed by atoms with Crippen LogP contribution in [-0.4, -0.2) is 52.7 Å². The van der Waals surface area contributed by atoms with Gasteiger partial charge in [0.15, 0.2) is 6.61 Å². The molecule has 0 bridgehead atoms. The molecule has 0 aliphatic heterocycles. The van der Waals surface area contributed by atoms with Crippen LogP contribution in [0, 0.1) is 17.8 Å². The number of hydrogen-bond donors (Lipinski definition) is 3. The van der Waals surface area contributed by atoms with E-state index in [0.717, 1.165) is 63.4 Å². The molecule has 0 saturated heterocycles. The molecule has 7 nitrogen and oxygen atoms in total. The Labute approximate surface area is 189 Å². The molecule has 1 saturated carbocycles. The minimum atomic E-state index is -0.994. The van der Waals surface area contributed by atoms with Crippen molar-refractivity contribution in [2.45, 2.75) is 76.9 Å². The summed E-state index contributed by atoms with van der Waals surface area (Å²) < 4.78 is 11.2. The van der Waals surface area contributed by atoms with Crippen LogP contribution in [0.5, 0.6) is 5.75 Å². The minimum Gasteiger partial charge on any atom is -0.482 e. The summed E-state index contributed by atoms with van der Waals surface area (Å²) in [5.74, 6) is -0.431. The van der Waals surface area contributed by atoms with Crippen molar-refractivity contribution in [3.8, 4) is 5.75 Å². The van der Waals surface area contributed by atoms with E-state index in [1.165, 1.54) is 5.56 Å². The number of hydrogen-bond acceptors (Lipinski definition) is 5. The summed E-state index contributed by atoms with van der Waals surface area (Å²) in [7, 11) is 0. The lowest BCUT2D eigenvalue weighted by molar-refractivity contribution is -0.144. The first-order valence-corrected chi connectivity index (χ1v) is 11.9. The smallest absolute Gasteiger partial charge is 0.341 e. The Bertz CT molecular complexity index is 778. The number of aliphatic hydroxyl groups excluding tert-OH is 1. The second kappa shape index (κ2) is 11.7. The zero-order chi connectivity index (χ0) is 23.1. The highest BCUT2D eigenvalue weighted by Crippen LogP contribution is 2.48. The van der Waals surface area contributed by atoms with Crippen LogP contribution >= 0.6 is 0 Å². The minimum absolute atomic E-state index is 0.0872. The maximum Gasteiger partial charge on any atom is 0.341 e. The Balaban J connectivity index is 1.64. The van der Waals surface area contributed by atoms with Gasteiger partial charge in [0, 0.05) is 0 Å². The van der Waals surface area contributed by atoms with Crippen molar-refractivity contribution in [2.24, 2.45) is 17.8 Å². The van der Waals surface area contributed by atoms with E-state index < -0.39 is 11.9 Å². The number of unbranched alkanes of at least 4 members (excludes halogenated alkanes) is 2. The first-order chi connectivity index (χ1) is 15.4. The van der Waals surface area contributed by atoms with Crippen molar-refractivity contribution in [3.05, 3.63) is 29.3 Å². The van der Waals surface area contributed by atoms with Gasteiger partial charge in [-0.05, 0) is 73.5 Å². The fraction of sp³-hybridized carbons (Fsp3) is 0.680. The van der Waals surface area contributed by atoms with E-state index in [2.05, 4.69) is 13.0 Å². The fourth-order valence-electron chi connectivity index (χ4n) is 5.58. The molecule has 0 spiro atoms. The maximum atomic E-state index is 11.0. The van der Waals surface area contributed by atoms with Crippen molar-refractivity contribution in [2.75, 3.05) is 13.2 Å². The molecule has 0 unspecified atom stereocenters. The molecule has 1 aromatic carbocycles. The lowest BCUT2D eigenvalue weighted by Gasteiger charge is -2.32. The van der Waals surface area contributed by atoms with Gasteiger partial charge in [0.25, 0.3) is 0 Å². The summed E-state index contributed by atoms with van der Waals surface area (Å²) in [6, 6.07) is 5.80. The lowest BCUT2D eigenvalue weighted by atomic mass is 9.73. The average Bonchev–Trinajstić information content (AvgIpc) is 3.06. The normalized spacial score (nSPS) is 25.1. The SMILES string of the molecule is CCCCC[C@@H](CC[C@@H]1[C@H]2Cc3cccc(OCC(=O)O)c3C[C@H]2C[C@H]1O)OCC(=O)O. The van der Waals surface area contributed by atoms with Gasteiger partial charge in [-0.25, -0.2) is 9.59 Å². The molecule has 1 aromatic rings. The van der Waals surface area contributed by atoms with Crippen LogP contribution in [0.1, 0.15) is 63.0 Å². The number of carbonyl (C=O) groups is 2. The number of carboxylic acid groups (broad SMARTS) is 2. The van der Waals surface area contributed by atoms with Gasteiger partial charge in [-0.2, -0.15) is 0 Å². The summed E-state index contributed by atoms with van der Waals surface area (Å²) >= 11 is 0. The molecule has 7 heteroatoms. The van der Waals surface area contributed by atoms with Crippen molar-refractivity contribution < 1.29 is 34.4 Å². The summed E-state index contributed by atoms with van der Waals surface area (Å²) in [6.45, 7) is 1.51. The summed E-state index contributed by atoms with van der Waals surface area (Å²) in [4.78, 5) is 21.9. The average molecular weight is 449 g/mol. The van der Waals surface area contributed by atoms with E-state index in [-0.39, 0.29) is 31.3 Å². The van der Waals surface area contributed by atoms with Gasteiger partial charge in [0.2, 0.25) is 0 Å². The molecule has 178 valence electrons. The molecule has 0 radical (unpaired) electrons. The Morgan fingerprint density at radius 1 is 1.09 bits per heavy atom. The highest BCUT2D eigenvalue weighted by atomic mass is 16.5. The first kappa shape index (κ1) is 24.5. The van der Waals surface area contributed by atoms with Crippen LogP contribution in [0.15, 0.2) is 18.2 Å². The fourth-order valence-corrected chi connectivity index (χ4v) is 5.58. The van der Waals surface area contributed by atoms with Crippen molar-refractivity contribution >= 4 is 11.9 Å². The van der Waals surface area contributed by atoms with Crippen LogP contribution in [0.25, 0.3) is 0 Å². The molecule has 3 rings (SSSR count). The van der Waals surface area contributed by atoms with Crippen LogP contribution in [0.3, 0.4) is 0 Å². The molecule has 3 N–H and O–H groups in total. The number of aliphatic carboxylic acids is 2. The van der Waals surface area contributed by atoms with Crippen molar-refractivity contribution in [1.29, 1.82) is 0 Å². The number of rotatable bonds is 13. The number of carboxylic acids is 2. The third kappa shape index (κ3) is 6.45. The van der Waals surface area contributed by atoms with E-state index in [1.54, 1.807) is 0 Å². The van der Waals surface area contributed by atoms with Gasteiger partial charge in [-0.1, -0.05) is 38.3 Å². The van der Waals surface area contributed by atoms with Gasteiger partial charge in [-0.15, -0.1) is 0 Å². The molecule has 0 aromatic heterocycles. The molecule has 0 amide bonds. The predicted octanol–water partition coefficient (Wildman–Crippen LogP) is 3.69. The number of aliphatic hydroxyl groups is 1. The largest absolute Gasteiger partial charge is 0.482 e. The Morgan fingerprint density at radius 3 is 2.59 bits per heavy atom. The third-order valence-electron chi connectivity index (χ3n) is 7.09. The molecule has 1 fully saturated rings. The van der Waals surface area contributed by atoms with Crippen LogP contribution in [0.2, 0.25) is 0 Å². The summed E-state index contributed by atoms with van der Waals surface area (Å²) in [5, 5.41) is 28.8. The van der Waals surface area contributed by atoms with E-state index in [9.17, 15) is 14.7 Å². The summed E-state index contributed by atoms with van der Waals surface area (Å²) in [5.41, 5.74) is 2.25. The molecule has 0 heterocycles. The van der Waals surface area contributed by atoms with E-state index in [0.29, 0.717) is 17.6 Å². The quantitative estimate of drug-likeness (QED) is 0.394. The monoisotopic (exact) mass is 448 g/mol. The summed E-state index contributed by atoms with van der Waals surface area (Å²) in [6.07, 6.45) is 7.58. The van der Waals surface area contributed by atoms with E-state index in [4.69, 9.17) is 19.7 Å². The topological polar surface area (TPSA) is 113 Å². The van der Waals surface area contributed by atoms with E-state index in [1.807, 2.05) is 12.1 Å².